The molecular formula is C10H16O5S. The summed E-state index contributed by atoms with van der Waals surface area (Å²) in [7, 11) is 0. The normalized spacial score (nSPS) is 37.2. The highest BCUT2D eigenvalue weighted by molar-refractivity contribution is 8.12. The average molecular weight is 248 g/mol. The topological polar surface area (TPSA) is 87.0 Å². The van der Waals surface area contributed by atoms with Crippen LogP contribution in [0.2, 0.25) is 0 Å². The quantitative estimate of drug-likeness (QED) is 0.456. The number of thioether (sulfide) groups is 1. The minimum Gasteiger partial charge on any atom is -0.450 e. The summed E-state index contributed by atoms with van der Waals surface area (Å²) in [6.07, 6.45) is 1.36. The fourth-order valence-electron chi connectivity index (χ4n) is 1.47. The molecule has 0 bridgehead atoms. The van der Waals surface area contributed by atoms with Crippen LogP contribution in [0.1, 0.15) is 12.8 Å². The summed E-state index contributed by atoms with van der Waals surface area (Å²) in [6, 6.07) is 0. The van der Waals surface area contributed by atoms with E-state index in [0.717, 1.165) is 11.8 Å². The molecule has 1 aliphatic carbocycles. The zero-order valence-electron chi connectivity index (χ0n) is 8.94. The monoisotopic (exact) mass is 248 g/mol. The lowest BCUT2D eigenvalue weighted by molar-refractivity contribution is -0.0266. The first-order chi connectivity index (χ1) is 7.52. The molecule has 0 aromatic heterocycles. The lowest BCUT2D eigenvalue weighted by Gasteiger charge is -2.25. The number of rotatable bonds is 1. The summed E-state index contributed by atoms with van der Waals surface area (Å²) >= 11 is 0.932. The van der Waals surface area contributed by atoms with E-state index in [0.29, 0.717) is 0 Å². The van der Waals surface area contributed by atoms with Crippen molar-refractivity contribution in [1.29, 1.82) is 0 Å². The van der Waals surface area contributed by atoms with E-state index >= 15 is 0 Å². The standard InChI is InChI=1S/C10H16O5S/c1-16-10(14)15-7-3-2-6(11)4-8(12)9(13)5-7/h2-3,6-9,11-13H,4-5H2,1H3/b3-2+. The van der Waals surface area contributed by atoms with Crippen molar-refractivity contribution in [1.82, 2.24) is 0 Å². The molecule has 16 heavy (non-hydrogen) atoms. The molecular weight excluding hydrogens is 232 g/mol. The largest absolute Gasteiger partial charge is 0.450 e. The van der Waals surface area contributed by atoms with Gasteiger partial charge in [0.15, 0.2) is 0 Å². The average Bonchev–Trinajstić information content (AvgIpc) is 2.24. The molecule has 0 aromatic carbocycles. The predicted octanol–water partition coefficient (Wildman–Crippen LogP) is 0.287. The van der Waals surface area contributed by atoms with Crippen molar-refractivity contribution in [2.24, 2.45) is 0 Å². The van der Waals surface area contributed by atoms with Gasteiger partial charge in [0.2, 0.25) is 0 Å². The molecule has 0 radical (unpaired) electrons. The minimum absolute atomic E-state index is 0.0842. The van der Waals surface area contributed by atoms with Crippen LogP contribution in [0.25, 0.3) is 0 Å². The van der Waals surface area contributed by atoms with Gasteiger partial charge < -0.3 is 20.1 Å². The third kappa shape index (κ3) is 4.13. The minimum atomic E-state index is -1.00. The van der Waals surface area contributed by atoms with E-state index in [2.05, 4.69) is 0 Å². The van der Waals surface area contributed by atoms with Crippen LogP contribution in [-0.2, 0) is 4.74 Å². The second-order valence-electron chi connectivity index (χ2n) is 3.67. The molecule has 1 rings (SSSR count). The summed E-state index contributed by atoms with van der Waals surface area (Å²) in [5, 5.41) is 28.0. The van der Waals surface area contributed by atoms with Crippen LogP contribution >= 0.6 is 11.8 Å². The van der Waals surface area contributed by atoms with Gasteiger partial charge in [0, 0.05) is 12.8 Å². The van der Waals surface area contributed by atoms with Crippen molar-refractivity contribution in [3.63, 3.8) is 0 Å². The predicted molar refractivity (Wildman–Crippen MR) is 60.2 cm³/mol. The summed E-state index contributed by atoms with van der Waals surface area (Å²) in [5.74, 6) is 0. The van der Waals surface area contributed by atoms with Crippen molar-refractivity contribution in [3.8, 4) is 0 Å². The van der Waals surface area contributed by atoms with Gasteiger partial charge in [-0.1, -0.05) is 6.08 Å². The van der Waals surface area contributed by atoms with Gasteiger partial charge in [-0.15, -0.1) is 0 Å². The molecule has 1 aliphatic rings. The first-order valence-electron chi connectivity index (χ1n) is 5.00. The van der Waals surface area contributed by atoms with Crippen LogP contribution in [0.4, 0.5) is 4.79 Å². The molecule has 3 N–H and O–H groups in total. The summed E-state index contributed by atoms with van der Waals surface area (Å²) in [6.45, 7) is 0. The van der Waals surface area contributed by atoms with Crippen LogP contribution in [0, 0.1) is 0 Å². The van der Waals surface area contributed by atoms with E-state index in [9.17, 15) is 20.1 Å². The Kier molecular flexibility index (Phi) is 5.27. The molecule has 92 valence electrons. The van der Waals surface area contributed by atoms with Crippen LogP contribution in [-0.4, -0.2) is 51.3 Å². The summed E-state index contributed by atoms with van der Waals surface area (Å²) in [4.78, 5) is 11.0. The fraction of sp³-hybridized carbons (Fsp3) is 0.700. The Hall–Kier alpha value is -0.560. The second kappa shape index (κ2) is 6.24. The van der Waals surface area contributed by atoms with Gasteiger partial charge in [-0.3, -0.25) is 0 Å². The molecule has 0 heterocycles. The third-order valence-electron chi connectivity index (χ3n) is 2.36. The van der Waals surface area contributed by atoms with E-state index in [1.807, 2.05) is 0 Å². The number of carbonyl (C=O) groups excluding carboxylic acids is 1. The molecule has 5 nitrogen and oxygen atoms in total. The van der Waals surface area contributed by atoms with Crippen LogP contribution in [0.5, 0.6) is 0 Å². The zero-order chi connectivity index (χ0) is 12.1. The molecule has 4 unspecified atom stereocenters. The van der Waals surface area contributed by atoms with Crippen LogP contribution < -0.4 is 0 Å². The summed E-state index contributed by atoms with van der Waals surface area (Å²) < 4.78 is 5.00. The highest BCUT2D eigenvalue weighted by Crippen LogP contribution is 2.17. The molecule has 0 saturated heterocycles. The highest BCUT2D eigenvalue weighted by atomic mass is 32.2. The van der Waals surface area contributed by atoms with E-state index in [1.54, 1.807) is 6.26 Å². The smallest absolute Gasteiger partial charge is 0.367 e. The van der Waals surface area contributed by atoms with Crippen molar-refractivity contribution in [2.45, 2.75) is 37.3 Å². The highest BCUT2D eigenvalue weighted by Gasteiger charge is 2.26. The van der Waals surface area contributed by atoms with E-state index in [-0.39, 0.29) is 12.8 Å². The molecule has 4 atom stereocenters. The molecule has 0 aromatic rings. The van der Waals surface area contributed by atoms with Crippen molar-refractivity contribution in [3.05, 3.63) is 12.2 Å². The van der Waals surface area contributed by atoms with E-state index in [4.69, 9.17) is 4.74 Å². The number of carbonyl (C=O) groups is 1. The van der Waals surface area contributed by atoms with Gasteiger partial charge in [-0.05, 0) is 24.1 Å². The second-order valence-corrected chi connectivity index (χ2v) is 4.41. The van der Waals surface area contributed by atoms with E-state index < -0.39 is 29.7 Å². The van der Waals surface area contributed by atoms with Gasteiger partial charge in [-0.2, -0.15) is 0 Å². The maximum Gasteiger partial charge on any atom is 0.367 e. The number of ether oxygens (including phenoxy) is 1. The van der Waals surface area contributed by atoms with Crippen molar-refractivity contribution >= 4 is 17.1 Å². The maximum atomic E-state index is 11.0. The molecule has 0 spiro atoms. The third-order valence-corrected chi connectivity index (χ3v) is 2.79. The number of aliphatic hydroxyl groups is 3. The Morgan fingerprint density at radius 1 is 1.25 bits per heavy atom. The van der Waals surface area contributed by atoms with Crippen molar-refractivity contribution in [2.75, 3.05) is 6.26 Å². The first-order valence-corrected chi connectivity index (χ1v) is 6.22. The first kappa shape index (κ1) is 13.5. The number of aliphatic hydroxyl groups excluding tert-OH is 3. The van der Waals surface area contributed by atoms with Gasteiger partial charge in [0.05, 0.1) is 18.3 Å². The van der Waals surface area contributed by atoms with Gasteiger partial charge in [-0.25, -0.2) is 4.79 Å². The SMILES string of the molecule is CSC(=O)OC1/C=C/C(O)CC(O)C(O)C1. The Morgan fingerprint density at radius 3 is 2.50 bits per heavy atom. The molecule has 0 fully saturated rings. The Morgan fingerprint density at radius 2 is 1.88 bits per heavy atom. The van der Waals surface area contributed by atoms with Gasteiger partial charge >= 0.3 is 5.30 Å². The van der Waals surface area contributed by atoms with E-state index in [1.165, 1.54) is 12.2 Å². The molecule has 0 saturated carbocycles. The Bertz CT molecular complexity index is 268. The van der Waals surface area contributed by atoms with Crippen LogP contribution in [0.3, 0.4) is 0 Å². The summed E-state index contributed by atoms with van der Waals surface area (Å²) in [5.41, 5.74) is 0. The number of hydrogen-bond acceptors (Lipinski definition) is 6. The lowest BCUT2D eigenvalue weighted by atomic mass is 9.97. The Labute approximate surface area is 98.1 Å². The zero-order valence-corrected chi connectivity index (χ0v) is 9.76. The molecule has 0 aliphatic heterocycles. The van der Waals surface area contributed by atoms with Crippen LogP contribution in [0.15, 0.2) is 12.2 Å². The number of hydrogen-bond donors (Lipinski definition) is 3. The molecule has 6 heteroatoms. The maximum absolute atomic E-state index is 11.0. The Balaban J connectivity index is 2.65. The van der Waals surface area contributed by atoms with Crippen molar-refractivity contribution < 1.29 is 24.9 Å². The lowest BCUT2D eigenvalue weighted by Crippen LogP contribution is -2.35. The van der Waals surface area contributed by atoms with Gasteiger partial charge in [0.1, 0.15) is 6.10 Å². The van der Waals surface area contributed by atoms with Gasteiger partial charge in [0.25, 0.3) is 0 Å². The fourth-order valence-corrected chi connectivity index (χ4v) is 1.69. The molecule has 0 amide bonds.